The van der Waals surface area contributed by atoms with Crippen molar-refractivity contribution in [3.8, 4) is 0 Å². The minimum Gasteiger partial charge on any atom is -0.409 e. The molecule has 4 nitrogen and oxygen atoms in total. The van der Waals surface area contributed by atoms with Gasteiger partial charge in [0, 0.05) is 11.0 Å². The molecule has 0 aliphatic heterocycles. The lowest BCUT2D eigenvalue weighted by Crippen LogP contribution is -2.34. The summed E-state index contributed by atoms with van der Waals surface area (Å²) < 4.78 is 13.7. The Hall–Kier alpha value is -1.14. The number of rotatable bonds is 6. The van der Waals surface area contributed by atoms with Gasteiger partial charge in [-0.3, -0.25) is 4.90 Å². The molecule has 0 saturated heterocycles. The predicted molar refractivity (Wildman–Crippen MR) is 73.1 cm³/mol. The van der Waals surface area contributed by atoms with Crippen molar-refractivity contribution < 1.29 is 9.60 Å². The van der Waals surface area contributed by atoms with Crippen molar-refractivity contribution in [2.24, 2.45) is 10.9 Å². The largest absolute Gasteiger partial charge is 0.409 e. The second-order valence-electron chi connectivity index (χ2n) is 4.04. The average molecular weight is 318 g/mol. The molecule has 0 radical (unpaired) electrons. The smallest absolute Gasteiger partial charge is 0.153 e. The van der Waals surface area contributed by atoms with Gasteiger partial charge in [-0.2, -0.15) is 0 Å². The van der Waals surface area contributed by atoms with Crippen LogP contribution >= 0.6 is 15.9 Å². The van der Waals surface area contributed by atoms with Crippen LogP contribution in [-0.2, 0) is 6.54 Å². The molecule has 0 spiro atoms. The second-order valence-corrected chi connectivity index (χ2v) is 4.89. The Morgan fingerprint density at radius 2 is 2.28 bits per heavy atom. The summed E-state index contributed by atoms with van der Waals surface area (Å²) in [5.41, 5.74) is 6.47. The summed E-state index contributed by atoms with van der Waals surface area (Å²) in [6.07, 6.45) is 0.956. The molecule has 0 saturated carbocycles. The van der Waals surface area contributed by atoms with E-state index < -0.39 is 0 Å². The molecule has 0 aliphatic rings. The number of hydrogen-bond acceptors (Lipinski definition) is 3. The van der Waals surface area contributed by atoms with E-state index >= 15 is 0 Å². The van der Waals surface area contributed by atoms with Crippen LogP contribution in [0, 0.1) is 5.82 Å². The fourth-order valence-corrected chi connectivity index (χ4v) is 2.16. The van der Waals surface area contributed by atoms with Gasteiger partial charge in [-0.25, -0.2) is 4.39 Å². The van der Waals surface area contributed by atoms with Gasteiger partial charge in [0.05, 0.1) is 6.54 Å². The minimum atomic E-state index is -0.274. The summed E-state index contributed by atoms with van der Waals surface area (Å²) in [5, 5.41) is 11.6. The summed E-state index contributed by atoms with van der Waals surface area (Å²) in [5.74, 6) is -0.106. The molecule has 100 valence electrons. The highest BCUT2D eigenvalue weighted by Crippen LogP contribution is 2.19. The number of hydrogen-bond donors (Lipinski definition) is 2. The molecule has 6 heteroatoms. The maximum absolute atomic E-state index is 13.0. The fourth-order valence-electron chi connectivity index (χ4n) is 1.68. The molecule has 1 aromatic rings. The first kappa shape index (κ1) is 14.9. The van der Waals surface area contributed by atoms with Crippen molar-refractivity contribution in [2.75, 3.05) is 13.1 Å². The first-order valence-corrected chi connectivity index (χ1v) is 6.48. The first-order valence-electron chi connectivity index (χ1n) is 5.69. The number of oxime groups is 1. The minimum absolute atomic E-state index is 0.168. The molecule has 0 bridgehead atoms. The zero-order valence-corrected chi connectivity index (χ0v) is 11.8. The molecule has 1 aromatic carbocycles. The van der Waals surface area contributed by atoms with Gasteiger partial charge < -0.3 is 10.9 Å². The summed E-state index contributed by atoms with van der Waals surface area (Å²) in [7, 11) is 0. The first-order chi connectivity index (χ1) is 8.56. The van der Waals surface area contributed by atoms with Crippen molar-refractivity contribution in [1.29, 1.82) is 0 Å². The molecule has 0 aliphatic carbocycles. The number of benzene rings is 1. The van der Waals surface area contributed by atoms with Crippen LogP contribution in [0.3, 0.4) is 0 Å². The molecule has 18 heavy (non-hydrogen) atoms. The van der Waals surface area contributed by atoms with Crippen molar-refractivity contribution in [3.63, 3.8) is 0 Å². The van der Waals surface area contributed by atoms with Crippen LogP contribution in [0.2, 0.25) is 0 Å². The van der Waals surface area contributed by atoms with Crippen LogP contribution in [0.4, 0.5) is 4.39 Å². The van der Waals surface area contributed by atoms with Crippen molar-refractivity contribution >= 4 is 21.8 Å². The molecular weight excluding hydrogens is 301 g/mol. The van der Waals surface area contributed by atoms with E-state index in [1.54, 1.807) is 6.07 Å². The third kappa shape index (κ3) is 4.62. The molecule has 0 amide bonds. The third-order valence-electron chi connectivity index (χ3n) is 2.46. The van der Waals surface area contributed by atoms with Crippen molar-refractivity contribution in [2.45, 2.75) is 19.9 Å². The van der Waals surface area contributed by atoms with Gasteiger partial charge in [-0.15, -0.1) is 0 Å². The van der Waals surface area contributed by atoms with Crippen LogP contribution in [0.25, 0.3) is 0 Å². The summed E-state index contributed by atoms with van der Waals surface area (Å²) in [4.78, 5) is 2.03. The molecule has 0 atom stereocenters. The molecule has 0 unspecified atom stereocenters. The van der Waals surface area contributed by atoms with Crippen LogP contribution in [0.5, 0.6) is 0 Å². The van der Waals surface area contributed by atoms with E-state index in [1.807, 2.05) is 4.90 Å². The molecule has 3 N–H and O–H groups in total. The van der Waals surface area contributed by atoms with Gasteiger partial charge in [-0.05, 0) is 30.7 Å². The normalized spacial score (nSPS) is 12.1. The molecule has 0 fully saturated rings. The average Bonchev–Trinajstić information content (AvgIpc) is 2.32. The Kier molecular flexibility index (Phi) is 6.07. The number of amidine groups is 1. The Morgan fingerprint density at radius 1 is 1.56 bits per heavy atom. The van der Waals surface area contributed by atoms with E-state index in [1.165, 1.54) is 12.1 Å². The Balaban J connectivity index is 2.76. The van der Waals surface area contributed by atoms with Gasteiger partial charge in [-0.1, -0.05) is 34.1 Å². The molecule has 0 heterocycles. The highest BCUT2D eigenvalue weighted by Gasteiger charge is 2.10. The van der Waals surface area contributed by atoms with E-state index in [9.17, 15) is 4.39 Å². The monoisotopic (exact) mass is 317 g/mol. The van der Waals surface area contributed by atoms with Gasteiger partial charge in [0.2, 0.25) is 0 Å². The zero-order valence-electron chi connectivity index (χ0n) is 10.2. The van der Waals surface area contributed by atoms with Gasteiger partial charge in [0.25, 0.3) is 0 Å². The summed E-state index contributed by atoms with van der Waals surface area (Å²) in [6.45, 7) is 3.87. The van der Waals surface area contributed by atoms with E-state index in [4.69, 9.17) is 10.9 Å². The highest BCUT2D eigenvalue weighted by molar-refractivity contribution is 9.10. The molecular formula is C12H17BrFN3O. The topological polar surface area (TPSA) is 61.8 Å². The van der Waals surface area contributed by atoms with E-state index in [0.29, 0.717) is 13.1 Å². The SMILES string of the molecule is CCCN(CC(N)=NO)Cc1ccc(F)cc1Br. The molecule has 0 aromatic heterocycles. The van der Waals surface area contributed by atoms with Crippen LogP contribution in [0.1, 0.15) is 18.9 Å². The lowest BCUT2D eigenvalue weighted by atomic mass is 10.2. The van der Waals surface area contributed by atoms with Crippen LogP contribution in [-0.4, -0.2) is 29.0 Å². The van der Waals surface area contributed by atoms with Gasteiger partial charge in [0.15, 0.2) is 5.84 Å². The maximum Gasteiger partial charge on any atom is 0.153 e. The Morgan fingerprint density at radius 3 is 2.83 bits per heavy atom. The van der Waals surface area contributed by atoms with Gasteiger partial charge in [0.1, 0.15) is 5.82 Å². The van der Waals surface area contributed by atoms with Crippen LogP contribution < -0.4 is 5.73 Å². The standard InChI is InChI=1S/C12H17BrFN3O/c1-2-5-17(8-12(15)16-18)7-9-3-4-10(14)6-11(9)13/h3-4,6,18H,2,5,7-8H2,1H3,(H2,15,16). The highest BCUT2D eigenvalue weighted by atomic mass is 79.9. The Labute approximate surface area is 114 Å². The van der Waals surface area contributed by atoms with E-state index in [2.05, 4.69) is 28.0 Å². The Bertz CT molecular complexity index is 426. The van der Waals surface area contributed by atoms with Crippen LogP contribution in [0.15, 0.2) is 27.8 Å². The number of halogens is 2. The quantitative estimate of drug-likeness (QED) is 0.367. The van der Waals surface area contributed by atoms with Crippen molar-refractivity contribution in [3.05, 3.63) is 34.1 Å². The summed E-state index contributed by atoms with van der Waals surface area (Å²) >= 11 is 3.33. The maximum atomic E-state index is 13.0. The second kappa shape index (κ2) is 7.33. The summed E-state index contributed by atoms with van der Waals surface area (Å²) in [6, 6.07) is 4.59. The lowest BCUT2D eigenvalue weighted by Gasteiger charge is -2.21. The number of nitrogens with two attached hydrogens (primary N) is 1. The fraction of sp³-hybridized carbons (Fsp3) is 0.417. The predicted octanol–water partition coefficient (Wildman–Crippen LogP) is 2.55. The van der Waals surface area contributed by atoms with E-state index in [-0.39, 0.29) is 11.7 Å². The molecule has 1 rings (SSSR count). The third-order valence-corrected chi connectivity index (χ3v) is 3.20. The zero-order chi connectivity index (χ0) is 13.5. The lowest BCUT2D eigenvalue weighted by molar-refractivity contribution is 0.285. The van der Waals surface area contributed by atoms with Gasteiger partial charge >= 0.3 is 0 Å². The van der Waals surface area contributed by atoms with Crippen molar-refractivity contribution in [1.82, 2.24) is 4.90 Å². The van der Waals surface area contributed by atoms with E-state index in [0.717, 1.165) is 23.0 Å². The number of nitrogens with zero attached hydrogens (tertiary/aromatic N) is 2.